The van der Waals surface area contributed by atoms with Gasteiger partial charge in [-0.1, -0.05) is 38.1 Å². The summed E-state index contributed by atoms with van der Waals surface area (Å²) in [4.78, 5) is 8.32. The van der Waals surface area contributed by atoms with Crippen molar-refractivity contribution in [2.24, 2.45) is 4.99 Å². The maximum absolute atomic E-state index is 4.27. The second-order valence-electron chi connectivity index (χ2n) is 6.58. The Hall–Kier alpha value is -2.30. The molecule has 5 heteroatoms. The molecule has 0 radical (unpaired) electrons. The number of hydrogen-bond donors (Lipinski definition) is 2. The fourth-order valence-electron chi connectivity index (χ4n) is 2.68. The van der Waals surface area contributed by atoms with Crippen LogP contribution in [0.3, 0.4) is 0 Å². The Bertz CT molecular complexity index is 614. The number of hydrogen-bond acceptors (Lipinski definition) is 2. The molecule has 5 nitrogen and oxygen atoms in total. The molecule has 136 valence electrons. The monoisotopic (exact) mass is 341 g/mol. The molecule has 2 N–H and O–H groups in total. The standard InChI is InChI=1S/C20H31N5/c1-17(2)19-9-7-18(8-10-19)6-4-11-23-20(21-3)24-12-5-14-25-15-13-22-16-25/h7-10,13,15-17H,4-6,11-12,14H2,1-3H3,(H2,21,23,24). The molecule has 0 amide bonds. The minimum atomic E-state index is 0.596. The summed E-state index contributed by atoms with van der Waals surface area (Å²) in [6.45, 7) is 7.25. The number of guanidine groups is 1. The van der Waals surface area contributed by atoms with Crippen molar-refractivity contribution in [2.45, 2.75) is 45.6 Å². The van der Waals surface area contributed by atoms with Gasteiger partial charge in [-0.15, -0.1) is 0 Å². The number of benzene rings is 1. The highest BCUT2D eigenvalue weighted by atomic mass is 15.2. The summed E-state index contributed by atoms with van der Waals surface area (Å²) in [5.74, 6) is 1.47. The van der Waals surface area contributed by atoms with Crippen molar-refractivity contribution >= 4 is 5.96 Å². The highest BCUT2D eigenvalue weighted by Crippen LogP contribution is 2.15. The van der Waals surface area contributed by atoms with Crippen molar-refractivity contribution in [3.05, 3.63) is 54.1 Å². The molecule has 0 spiro atoms. The van der Waals surface area contributed by atoms with Crippen LogP contribution in [0.4, 0.5) is 0 Å². The molecule has 0 aliphatic rings. The first-order chi connectivity index (χ1) is 12.2. The minimum Gasteiger partial charge on any atom is -0.356 e. The molecule has 0 aliphatic carbocycles. The van der Waals surface area contributed by atoms with E-state index in [0.29, 0.717) is 5.92 Å². The van der Waals surface area contributed by atoms with Gasteiger partial charge in [0.05, 0.1) is 6.33 Å². The van der Waals surface area contributed by atoms with E-state index >= 15 is 0 Å². The lowest BCUT2D eigenvalue weighted by Gasteiger charge is -2.12. The van der Waals surface area contributed by atoms with Crippen molar-refractivity contribution in [2.75, 3.05) is 20.1 Å². The lowest BCUT2D eigenvalue weighted by molar-refractivity contribution is 0.623. The van der Waals surface area contributed by atoms with E-state index in [1.165, 1.54) is 11.1 Å². The van der Waals surface area contributed by atoms with Crippen LogP contribution in [0.5, 0.6) is 0 Å². The highest BCUT2D eigenvalue weighted by molar-refractivity contribution is 5.79. The van der Waals surface area contributed by atoms with E-state index in [-0.39, 0.29) is 0 Å². The molecule has 0 aliphatic heterocycles. The number of aryl methyl sites for hydroxylation is 2. The molecule has 1 aromatic heterocycles. The number of nitrogens with one attached hydrogen (secondary N) is 2. The van der Waals surface area contributed by atoms with Gasteiger partial charge in [0.25, 0.3) is 0 Å². The molecule has 0 saturated carbocycles. The summed E-state index contributed by atoms with van der Waals surface area (Å²) in [7, 11) is 1.82. The molecule has 2 rings (SSSR count). The molecule has 0 saturated heterocycles. The minimum absolute atomic E-state index is 0.596. The van der Waals surface area contributed by atoms with Crippen LogP contribution in [-0.2, 0) is 13.0 Å². The van der Waals surface area contributed by atoms with Gasteiger partial charge in [0.1, 0.15) is 0 Å². The summed E-state index contributed by atoms with van der Waals surface area (Å²) < 4.78 is 2.09. The Balaban J connectivity index is 1.59. The maximum Gasteiger partial charge on any atom is 0.190 e. The average molecular weight is 342 g/mol. The lowest BCUT2D eigenvalue weighted by atomic mass is 10.0. The number of rotatable bonds is 9. The van der Waals surface area contributed by atoms with E-state index in [2.05, 4.69) is 63.3 Å². The van der Waals surface area contributed by atoms with Crippen molar-refractivity contribution in [1.82, 2.24) is 20.2 Å². The molecular formula is C20H31N5. The van der Waals surface area contributed by atoms with Crippen LogP contribution < -0.4 is 10.6 Å². The number of aliphatic imine (C=N–C) groups is 1. The maximum atomic E-state index is 4.27. The van der Waals surface area contributed by atoms with Crippen LogP contribution in [-0.4, -0.2) is 35.6 Å². The predicted molar refractivity (Wildman–Crippen MR) is 105 cm³/mol. The van der Waals surface area contributed by atoms with Gasteiger partial charge >= 0.3 is 0 Å². The Morgan fingerprint density at radius 3 is 2.44 bits per heavy atom. The SMILES string of the molecule is CN=C(NCCCc1ccc(C(C)C)cc1)NCCCn1ccnc1. The third-order valence-electron chi connectivity index (χ3n) is 4.25. The first kappa shape index (κ1) is 19.0. The first-order valence-electron chi connectivity index (χ1n) is 9.18. The topological polar surface area (TPSA) is 54.2 Å². The van der Waals surface area contributed by atoms with Gasteiger partial charge in [-0.05, 0) is 36.3 Å². The molecule has 1 aromatic carbocycles. The van der Waals surface area contributed by atoms with Gasteiger partial charge in [0.15, 0.2) is 5.96 Å². The van der Waals surface area contributed by atoms with Crippen molar-refractivity contribution < 1.29 is 0 Å². The lowest BCUT2D eigenvalue weighted by Crippen LogP contribution is -2.38. The molecule has 25 heavy (non-hydrogen) atoms. The summed E-state index contributed by atoms with van der Waals surface area (Å²) >= 11 is 0. The predicted octanol–water partition coefficient (Wildman–Crippen LogP) is 3.19. The van der Waals surface area contributed by atoms with Crippen molar-refractivity contribution in [3.8, 4) is 0 Å². The molecule has 0 atom stereocenters. The average Bonchev–Trinajstić information content (AvgIpc) is 3.14. The van der Waals surface area contributed by atoms with Gasteiger partial charge in [-0.25, -0.2) is 4.98 Å². The van der Waals surface area contributed by atoms with Crippen LogP contribution >= 0.6 is 0 Å². The Morgan fingerprint density at radius 1 is 1.12 bits per heavy atom. The largest absolute Gasteiger partial charge is 0.356 e. The molecular weight excluding hydrogens is 310 g/mol. The number of aromatic nitrogens is 2. The van der Waals surface area contributed by atoms with Gasteiger partial charge in [-0.2, -0.15) is 0 Å². The van der Waals surface area contributed by atoms with Gasteiger partial charge < -0.3 is 15.2 Å². The quantitative estimate of drug-likeness (QED) is 0.418. The van der Waals surface area contributed by atoms with E-state index in [4.69, 9.17) is 0 Å². The highest BCUT2D eigenvalue weighted by Gasteiger charge is 2.00. The van der Waals surface area contributed by atoms with Gasteiger partial charge in [-0.3, -0.25) is 4.99 Å². The van der Waals surface area contributed by atoms with Crippen LogP contribution in [0.25, 0.3) is 0 Å². The number of imidazole rings is 1. The molecule has 0 bridgehead atoms. The fraction of sp³-hybridized carbons (Fsp3) is 0.500. The summed E-state index contributed by atoms with van der Waals surface area (Å²) in [5.41, 5.74) is 2.80. The zero-order valence-electron chi connectivity index (χ0n) is 15.7. The van der Waals surface area contributed by atoms with E-state index in [9.17, 15) is 0 Å². The van der Waals surface area contributed by atoms with Crippen LogP contribution in [0.1, 0.15) is 43.7 Å². The van der Waals surface area contributed by atoms with E-state index < -0.39 is 0 Å². The Morgan fingerprint density at radius 2 is 1.84 bits per heavy atom. The van der Waals surface area contributed by atoms with E-state index in [0.717, 1.165) is 44.9 Å². The van der Waals surface area contributed by atoms with Crippen LogP contribution in [0.2, 0.25) is 0 Å². The fourth-order valence-corrected chi connectivity index (χ4v) is 2.68. The van der Waals surface area contributed by atoms with Gasteiger partial charge in [0, 0.05) is 39.1 Å². The van der Waals surface area contributed by atoms with E-state index in [1.807, 2.05) is 25.8 Å². The smallest absolute Gasteiger partial charge is 0.190 e. The first-order valence-corrected chi connectivity index (χ1v) is 9.18. The third kappa shape index (κ3) is 6.99. The second kappa shape index (κ2) is 10.5. The Labute approximate surface area is 151 Å². The zero-order valence-corrected chi connectivity index (χ0v) is 15.7. The van der Waals surface area contributed by atoms with Crippen LogP contribution in [0, 0.1) is 0 Å². The van der Waals surface area contributed by atoms with Crippen molar-refractivity contribution in [3.63, 3.8) is 0 Å². The number of nitrogens with zero attached hydrogens (tertiary/aromatic N) is 3. The third-order valence-corrected chi connectivity index (χ3v) is 4.25. The van der Waals surface area contributed by atoms with E-state index in [1.54, 1.807) is 0 Å². The zero-order chi connectivity index (χ0) is 17.9. The Kier molecular flexibility index (Phi) is 8.02. The molecule has 2 aromatic rings. The van der Waals surface area contributed by atoms with Crippen LogP contribution in [0.15, 0.2) is 48.0 Å². The summed E-state index contributed by atoms with van der Waals surface area (Å²) in [5, 5.41) is 6.74. The second-order valence-corrected chi connectivity index (χ2v) is 6.58. The summed E-state index contributed by atoms with van der Waals surface area (Å²) in [6.07, 6.45) is 8.87. The molecule has 1 heterocycles. The van der Waals surface area contributed by atoms with Crippen molar-refractivity contribution in [1.29, 1.82) is 0 Å². The van der Waals surface area contributed by atoms with Gasteiger partial charge in [0.2, 0.25) is 0 Å². The molecule has 0 fully saturated rings. The summed E-state index contributed by atoms with van der Waals surface area (Å²) in [6, 6.07) is 8.99. The normalized spacial score (nSPS) is 11.8. The molecule has 0 unspecified atom stereocenters.